The molecule has 0 unspecified atom stereocenters. The molecular formula is C21H22N10O9S2. The molecule has 3 atom stereocenters. The van der Waals surface area contributed by atoms with Crippen molar-refractivity contribution in [2.24, 2.45) is 10.9 Å². The molecule has 1 aliphatic heterocycles. The number of carbonyl (C=O) groups excluding carboxylic acids is 2. The van der Waals surface area contributed by atoms with Gasteiger partial charge in [0.05, 0.1) is 12.6 Å². The molecule has 1 aliphatic rings. The monoisotopic (exact) mass is 622 g/mol. The summed E-state index contributed by atoms with van der Waals surface area (Å²) >= 11 is 0.927. The lowest BCUT2D eigenvalue weighted by Gasteiger charge is -2.43. The van der Waals surface area contributed by atoms with Gasteiger partial charge in [-0.25, -0.2) is 19.1 Å². The number of nitrogens with one attached hydrogen (secondary N) is 2. The second kappa shape index (κ2) is 12.2. The van der Waals surface area contributed by atoms with E-state index in [0.717, 1.165) is 17.7 Å². The van der Waals surface area contributed by atoms with Gasteiger partial charge in [0.1, 0.15) is 42.6 Å². The first-order valence-corrected chi connectivity index (χ1v) is 13.8. The number of carboxylic acid groups (broad SMARTS) is 1. The summed E-state index contributed by atoms with van der Waals surface area (Å²) in [6.07, 6.45) is 0.662. The van der Waals surface area contributed by atoms with E-state index in [1.807, 2.05) is 0 Å². The maximum Gasteiger partial charge on any atom is 0.362 e. The maximum atomic E-state index is 13.2. The highest BCUT2D eigenvalue weighted by molar-refractivity contribution is 7.84. The minimum Gasteiger partial charge on any atom is -0.489 e. The van der Waals surface area contributed by atoms with Crippen molar-refractivity contribution in [2.45, 2.75) is 24.7 Å². The molecule has 0 saturated carbocycles. The molecule has 21 heteroatoms. The summed E-state index contributed by atoms with van der Waals surface area (Å²) in [6, 6.07) is 3.12. The number of anilines is 1. The lowest BCUT2D eigenvalue weighted by molar-refractivity contribution is -0.152. The van der Waals surface area contributed by atoms with Crippen molar-refractivity contribution in [3.05, 3.63) is 53.6 Å². The Balaban J connectivity index is 1.52. The van der Waals surface area contributed by atoms with Crippen LogP contribution in [0.4, 0.5) is 5.13 Å². The molecule has 42 heavy (non-hydrogen) atoms. The lowest BCUT2D eigenvalue weighted by Crippen LogP contribution is -2.73. The van der Waals surface area contributed by atoms with Crippen LogP contribution in [0.5, 0.6) is 5.75 Å². The van der Waals surface area contributed by atoms with Gasteiger partial charge in [-0.05, 0) is 24.3 Å². The first kappa shape index (κ1) is 29.8. The minimum atomic E-state index is -4.98. The number of hydrogen-bond donors (Lipinski definition) is 6. The predicted molar refractivity (Wildman–Crippen MR) is 143 cm³/mol. The van der Waals surface area contributed by atoms with Crippen molar-refractivity contribution in [3.8, 4) is 5.75 Å². The van der Waals surface area contributed by atoms with Gasteiger partial charge in [0, 0.05) is 10.9 Å². The van der Waals surface area contributed by atoms with Gasteiger partial charge in [-0.3, -0.25) is 24.2 Å². The fraction of sp³-hybridized carbons (Fsp3) is 0.238. The Kier molecular flexibility index (Phi) is 8.63. The number of nitrogens with zero attached hydrogens (tertiary/aromatic N) is 6. The Morgan fingerprint density at radius 1 is 1.29 bits per heavy atom. The average Bonchev–Trinajstić information content (AvgIpc) is 3.60. The van der Waals surface area contributed by atoms with E-state index in [1.54, 1.807) is 0 Å². The van der Waals surface area contributed by atoms with Crippen LogP contribution in [0.3, 0.4) is 0 Å². The molecule has 2 aromatic heterocycles. The Morgan fingerprint density at radius 2 is 2.00 bits per heavy atom. The van der Waals surface area contributed by atoms with E-state index in [0.29, 0.717) is 5.56 Å². The van der Waals surface area contributed by atoms with Crippen molar-refractivity contribution in [2.75, 3.05) is 12.3 Å². The Hall–Kier alpha value is -5.15. The van der Waals surface area contributed by atoms with Gasteiger partial charge < -0.3 is 31.5 Å². The van der Waals surface area contributed by atoms with Gasteiger partial charge in [0.15, 0.2) is 10.8 Å². The van der Waals surface area contributed by atoms with Crippen molar-refractivity contribution >= 4 is 56.1 Å². The molecule has 1 aromatic carbocycles. The molecule has 0 aliphatic carbocycles. The third-order valence-corrected chi connectivity index (χ3v) is 7.26. The zero-order valence-electron chi connectivity index (χ0n) is 21.1. The van der Waals surface area contributed by atoms with E-state index in [-0.39, 0.29) is 33.3 Å². The molecule has 1 saturated heterocycles. The maximum absolute atomic E-state index is 13.2. The summed E-state index contributed by atoms with van der Waals surface area (Å²) in [5.41, 5.74) is 10.8. The number of carboxylic acids is 1. The van der Waals surface area contributed by atoms with Crippen molar-refractivity contribution in [3.63, 3.8) is 0 Å². The molecular weight excluding hydrogens is 600 g/mol. The number of thiazole rings is 1. The number of rotatable bonds is 13. The number of aliphatic carboxylic acids is 1. The smallest absolute Gasteiger partial charge is 0.362 e. The standard InChI is InChI=1S/C21H22N10O9S2/c22-17(23)10-1-3-11(4-2-10)39-6-14(20(34)35)40-29-15(12-7-41-21(24)27-12)18(32)28-16-13(5-30-9-25-8-26-30)31(19(16)33)42(36,37)38/h1-4,7-9,13-14,16H,5-6H2,(H3,22,23)(H2,24,27)(H,28,32)(H,34,35)(H,36,37,38)/t13-,14-,16-/m0/s1. The number of oxime groups is 1. The number of amides is 2. The highest BCUT2D eigenvalue weighted by atomic mass is 32.2. The highest BCUT2D eigenvalue weighted by Crippen LogP contribution is 2.25. The van der Waals surface area contributed by atoms with Gasteiger partial charge in [0.2, 0.25) is 0 Å². The minimum absolute atomic E-state index is 0.0268. The van der Waals surface area contributed by atoms with E-state index in [1.165, 1.54) is 40.7 Å². The average molecular weight is 623 g/mol. The van der Waals surface area contributed by atoms with Crippen LogP contribution in [0.15, 0.2) is 47.5 Å². The molecule has 3 aromatic rings. The number of nitrogens with two attached hydrogens (primary N) is 2. The second-order valence-corrected chi connectivity index (χ2v) is 10.6. The molecule has 1 fully saturated rings. The van der Waals surface area contributed by atoms with Gasteiger partial charge >= 0.3 is 16.3 Å². The normalized spacial score (nSPS) is 17.7. The van der Waals surface area contributed by atoms with Crippen LogP contribution in [-0.4, -0.2) is 96.3 Å². The van der Waals surface area contributed by atoms with Crippen molar-refractivity contribution in [1.82, 2.24) is 29.4 Å². The number of nitrogen functional groups attached to an aromatic ring is 2. The third-order valence-electron chi connectivity index (χ3n) is 5.64. The Morgan fingerprint density at radius 3 is 2.55 bits per heavy atom. The van der Waals surface area contributed by atoms with Crippen molar-refractivity contribution < 1.29 is 42.0 Å². The summed E-state index contributed by atoms with van der Waals surface area (Å²) in [5, 5.41) is 28.1. The van der Waals surface area contributed by atoms with Crippen LogP contribution in [0, 0.1) is 5.41 Å². The zero-order chi connectivity index (χ0) is 30.6. The number of hydrogen-bond acceptors (Lipinski definition) is 14. The van der Waals surface area contributed by atoms with Crippen LogP contribution in [-0.2, 0) is 36.1 Å². The van der Waals surface area contributed by atoms with E-state index >= 15 is 0 Å². The van der Waals surface area contributed by atoms with Crippen LogP contribution < -0.4 is 21.5 Å². The molecule has 3 heterocycles. The topological polar surface area (TPSA) is 291 Å². The molecule has 0 radical (unpaired) electrons. The Bertz CT molecular complexity index is 1620. The number of carbonyl (C=O) groups is 3. The zero-order valence-corrected chi connectivity index (χ0v) is 22.7. The third kappa shape index (κ3) is 6.76. The highest BCUT2D eigenvalue weighted by Gasteiger charge is 2.54. The van der Waals surface area contributed by atoms with E-state index in [4.69, 9.17) is 26.5 Å². The molecule has 8 N–H and O–H groups in total. The largest absolute Gasteiger partial charge is 0.489 e. The molecule has 0 bridgehead atoms. The molecule has 0 spiro atoms. The SMILES string of the molecule is N=C(N)c1ccc(OC[C@H](ON=C(C(=O)N[C@@H]2C(=O)N(S(=O)(=O)O)[C@H]2Cn2cncn2)c2csc(N)n2)C(=O)O)cc1. The van der Waals surface area contributed by atoms with Crippen molar-refractivity contribution in [1.29, 1.82) is 5.41 Å². The fourth-order valence-corrected chi connectivity index (χ4v) is 5.05. The van der Waals surface area contributed by atoms with Gasteiger partial charge in [0.25, 0.3) is 17.9 Å². The molecule has 2 amide bonds. The predicted octanol–water partition coefficient (Wildman–Crippen LogP) is -1.95. The lowest BCUT2D eigenvalue weighted by atomic mass is 9.98. The molecule has 19 nitrogen and oxygen atoms in total. The van der Waals surface area contributed by atoms with Crippen LogP contribution in [0.25, 0.3) is 0 Å². The summed E-state index contributed by atoms with van der Waals surface area (Å²) in [5.74, 6) is -3.68. The Labute approximate surface area is 240 Å². The van der Waals surface area contributed by atoms with Crippen LogP contribution in [0.2, 0.25) is 0 Å². The van der Waals surface area contributed by atoms with E-state index in [9.17, 15) is 32.5 Å². The van der Waals surface area contributed by atoms with Gasteiger partial charge in [-0.2, -0.15) is 13.5 Å². The van der Waals surface area contributed by atoms with Gasteiger partial charge in [-0.1, -0.05) is 5.16 Å². The molecule has 222 valence electrons. The quantitative estimate of drug-likeness (QED) is 0.0397. The van der Waals surface area contributed by atoms with E-state index in [2.05, 4.69) is 25.5 Å². The van der Waals surface area contributed by atoms with E-state index < -0.39 is 58.6 Å². The van der Waals surface area contributed by atoms with Gasteiger partial charge in [-0.15, -0.1) is 11.3 Å². The number of ether oxygens (including phenoxy) is 1. The number of aromatic nitrogens is 4. The second-order valence-electron chi connectivity index (χ2n) is 8.44. The first-order chi connectivity index (χ1) is 19.8. The number of benzene rings is 1. The summed E-state index contributed by atoms with van der Waals surface area (Å²) in [4.78, 5) is 50.4. The number of β-lactam (4-membered cyclic amide) rings is 1. The fourth-order valence-electron chi connectivity index (χ4n) is 3.64. The number of amidine groups is 1. The summed E-state index contributed by atoms with van der Waals surface area (Å²) in [7, 11) is -4.98. The van der Waals surface area contributed by atoms with Crippen LogP contribution in [0.1, 0.15) is 11.3 Å². The summed E-state index contributed by atoms with van der Waals surface area (Å²) < 4.78 is 39.8. The first-order valence-electron chi connectivity index (χ1n) is 11.5. The molecule has 4 rings (SSSR count). The van der Waals surface area contributed by atoms with Crippen LogP contribution >= 0.6 is 11.3 Å². The summed E-state index contributed by atoms with van der Waals surface area (Å²) in [6.45, 7) is -0.828.